The highest BCUT2D eigenvalue weighted by molar-refractivity contribution is 7.71. The molecule has 0 bridgehead atoms. The summed E-state index contributed by atoms with van der Waals surface area (Å²) in [4.78, 5) is 16.5. The summed E-state index contributed by atoms with van der Waals surface area (Å²) in [6.45, 7) is 1.78. The van der Waals surface area contributed by atoms with E-state index in [1.54, 1.807) is 6.92 Å². The molecule has 1 aromatic rings. The largest absolute Gasteiger partial charge is 0.393 e. The van der Waals surface area contributed by atoms with E-state index in [2.05, 4.69) is 9.97 Å². The van der Waals surface area contributed by atoms with Crippen LogP contribution in [-0.2, 0) is 6.42 Å². The number of unbranched alkanes of at least 4 members (excludes halogenated alkanes) is 1. The molecule has 4 nitrogen and oxygen atoms in total. The first-order chi connectivity index (χ1) is 7.08. The molecule has 1 rings (SSSR count). The molecule has 0 saturated heterocycles. The van der Waals surface area contributed by atoms with E-state index in [9.17, 15) is 4.79 Å². The summed E-state index contributed by atoms with van der Waals surface area (Å²) in [6, 6.07) is 1.53. The van der Waals surface area contributed by atoms with E-state index in [-0.39, 0.29) is 11.7 Å². The van der Waals surface area contributed by atoms with Gasteiger partial charge in [-0.05, 0) is 38.4 Å². The van der Waals surface area contributed by atoms with Gasteiger partial charge in [0.15, 0.2) is 4.77 Å². The number of hydrogen-bond donors (Lipinski definition) is 3. The lowest BCUT2D eigenvalue weighted by Gasteiger charge is -2.03. The summed E-state index contributed by atoms with van der Waals surface area (Å²) < 4.78 is 0.369. The van der Waals surface area contributed by atoms with Crippen molar-refractivity contribution in [2.45, 2.75) is 38.7 Å². The second-order valence-corrected chi connectivity index (χ2v) is 4.12. The maximum absolute atomic E-state index is 11.1. The van der Waals surface area contributed by atoms with E-state index in [0.717, 1.165) is 31.4 Å². The Morgan fingerprint density at radius 1 is 1.47 bits per heavy atom. The van der Waals surface area contributed by atoms with Gasteiger partial charge < -0.3 is 10.1 Å². The molecule has 0 radical (unpaired) electrons. The first kappa shape index (κ1) is 12.1. The molecule has 0 amide bonds. The van der Waals surface area contributed by atoms with Crippen LogP contribution in [0.5, 0.6) is 0 Å². The number of H-pyrrole nitrogens is 2. The average molecular weight is 228 g/mol. The Morgan fingerprint density at radius 2 is 2.20 bits per heavy atom. The van der Waals surface area contributed by atoms with Gasteiger partial charge in [-0.3, -0.25) is 9.78 Å². The molecule has 3 N–H and O–H groups in total. The standard InChI is InChI=1S/C10H16N2O2S/c1-7(13)4-2-3-5-8-6-9(14)12-10(15)11-8/h6-7,13H,2-5H2,1H3,(H2,11,12,14,15). The van der Waals surface area contributed by atoms with Crippen molar-refractivity contribution < 1.29 is 5.11 Å². The summed E-state index contributed by atoms with van der Waals surface area (Å²) in [7, 11) is 0. The van der Waals surface area contributed by atoms with E-state index in [4.69, 9.17) is 17.3 Å². The SMILES string of the molecule is CC(O)CCCCc1cc(=O)[nH]c(=S)[nH]1. The molecule has 1 unspecified atom stereocenters. The van der Waals surface area contributed by atoms with E-state index in [1.807, 2.05) is 0 Å². The maximum Gasteiger partial charge on any atom is 0.251 e. The van der Waals surface area contributed by atoms with E-state index in [0.29, 0.717) is 4.77 Å². The van der Waals surface area contributed by atoms with Crippen LogP contribution in [-0.4, -0.2) is 21.2 Å². The lowest BCUT2D eigenvalue weighted by Crippen LogP contribution is -2.08. The molecule has 1 heterocycles. The summed E-state index contributed by atoms with van der Waals surface area (Å²) >= 11 is 4.86. The summed E-state index contributed by atoms with van der Waals surface area (Å²) in [5.41, 5.74) is 0.693. The molecule has 0 aliphatic heterocycles. The van der Waals surface area contributed by atoms with E-state index in [1.165, 1.54) is 6.07 Å². The number of rotatable bonds is 5. The van der Waals surface area contributed by atoms with Crippen LogP contribution < -0.4 is 5.56 Å². The fraction of sp³-hybridized carbons (Fsp3) is 0.600. The van der Waals surface area contributed by atoms with Gasteiger partial charge in [0.05, 0.1) is 6.10 Å². The number of nitrogens with one attached hydrogen (secondary N) is 2. The third-order valence-corrected chi connectivity index (χ3v) is 2.34. The van der Waals surface area contributed by atoms with Crippen molar-refractivity contribution in [1.29, 1.82) is 0 Å². The van der Waals surface area contributed by atoms with Crippen molar-refractivity contribution in [2.75, 3.05) is 0 Å². The van der Waals surface area contributed by atoms with Crippen LogP contribution in [0.4, 0.5) is 0 Å². The Kier molecular flexibility index (Phi) is 4.71. The molecule has 0 saturated carbocycles. The van der Waals surface area contributed by atoms with Crippen LogP contribution in [0.15, 0.2) is 10.9 Å². The normalized spacial score (nSPS) is 12.7. The second kappa shape index (κ2) is 5.82. The summed E-state index contributed by atoms with van der Waals surface area (Å²) in [5.74, 6) is 0. The van der Waals surface area contributed by atoms with Crippen LogP contribution in [0.1, 0.15) is 31.9 Å². The Hall–Kier alpha value is -0.940. The molecule has 0 spiro atoms. The first-order valence-corrected chi connectivity index (χ1v) is 5.49. The maximum atomic E-state index is 11.1. The quantitative estimate of drug-likeness (QED) is 0.529. The fourth-order valence-corrected chi connectivity index (χ4v) is 1.64. The van der Waals surface area contributed by atoms with Crippen molar-refractivity contribution in [3.8, 4) is 0 Å². The lowest BCUT2D eigenvalue weighted by atomic mass is 10.1. The molecule has 0 aromatic carbocycles. The van der Waals surface area contributed by atoms with E-state index < -0.39 is 0 Å². The summed E-state index contributed by atoms with van der Waals surface area (Å²) in [5, 5.41) is 9.06. The Balaban J connectivity index is 2.44. The topological polar surface area (TPSA) is 68.9 Å². The van der Waals surface area contributed by atoms with Gasteiger partial charge in [-0.15, -0.1) is 0 Å². The third kappa shape index (κ3) is 4.90. The Morgan fingerprint density at radius 3 is 2.80 bits per heavy atom. The van der Waals surface area contributed by atoms with Crippen molar-refractivity contribution in [3.63, 3.8) is 0 Å². The molecule has 1 aromatic heterocycles. The fourth-order valence-electron chi connectivity index (χ4n) is 1.41. The first-order valence-electron chi connectivity index (χ1n) is 5.08. The number of aromatic amines is 2. The molecule has 0 aliphatic rings. The average Bonchev–Trinajstić information content (AvgIpc) is 2.10. The van der Waals surface area contributed by atoms with Crippen LogP contribution in [0, 0.1) is 4.77 Å². The minimum absolute atomic E-state index is 0.163. The third-order valence-electron chi connectivity index (χ3n) is 2.13. The van der Waals surface area contributed by atoms with Crippen LogP contribution in [0.3, 0.4) is 0 Å². The van der Waals surface area contributed by atoms with Gasteiger partial charge in [-0.1, -0.05) is 6.42 Å². The number of hydrogen-bond acceptors (Lipinski definition) is 3. The number of aliphatic hydroxyl groups excluding tert-OH is 1. The molecule has 84 valence electrons. The van der Waals surface area contributed by atoms with Crippen LogP contribution in [0.2, 0.25) is 0 Å². The van der Waals surface area contributed by atoms with Crippen molar-refractivity contribution in [3.05, 3.63) is 26.9 Å². The van der Waals surface area contributed by atoms with Gasteiger partial charge in [-0.25, -0.2) is 0 Å². The van der Waals surface area contributed by atoms with Gasteiger partial charge in [0.1, 0.15) is 0 Å². The lowest BCUT2D eigenvalue weighted by molar-refractivity contribution is 0.180. The minimum Gasteiger partial charge on any atom is -0.393 e. The molecule has 15 heavy (non-hydrogen) atoms. The number of aryl methyl sites for hydroxylation is 1. The predicted molar refractivity (Wildman–Crippen MR) is 61.5 cm³/mol. The Bertz CT molecular complexity index is 380. The molecule has 0 fully saturated rings. The highest BCUT2D eigenvalue weighted by Crippen LogP contribution is 2.04. The number of aromatic nitrogens is 2. The molecular weight excluding hydrogens is 212 g/mol. The number of aliphatic hydroxyl groups is 1. The molecule has 0 aliphatic carbocycles. The van der Waals surface area contributed by atoms with Gasteiger partial charge in [0, 0.05) is 11.8 Å². The van der Waals surface area contributed by atoms with Gasteiger partial charge >= 0.3 is 0 Å². The molecule has 5 heteroatoms. The van der Waals surface area contributed by atoms with E-state index >= 15 is 0 Å². The Labute approximate surface area is 93.4 Å². The second-order valence-electron chi connectivity index (χ2n) is 3.71. The van der Waals surface area contributed by atoms with Crippen LogP contribution in [0.25, 0.3) is 0 Å². The highest BCUT2D eigenvalue weighted by Gasteiger charge is 1.98. The van der Waals surface area contributed by atoms with Crippen molar-refractivity contribution in [1.82, 2.24) is 9.97 Å². The smallest absolute Gasteiger partial charge is 0.251 e. The zero-order chi connectivity index (χ0) is 11.3. The monoisotopic (exact) mass is 228 g/mol. The highest BCUT2D eigenvalue weighted by atomic mass is 32.1. The molecule has 1 atom stereocenters. The van der Waals surface area contributed by atoms with Crippen LogP contribution >= 0.6 is 12.2 Å². The summed E-state index contributed by atoms with van der Waals surface area (Å²) in [6.07, 6.45) is 3.23. The van der Waals surface area contributed by atoms with Gasteiger partial charge in [0.2, 0.25) is 0 Å². The predicted octanol–water partition coefficient (Wildman–Crippen LogP) is 1.53. The zero-order valence-corrected chi connectivity index (χ0v) is 9.56. The van der Waals surface area contributed by atoms with Crippen molar-refractivity contribution in [2.24, 2.45) is 0 Å². The van der Waals surface area contributed by atoms with Gasteiger partial charge in [0.25, 0.3) is 5.56 Å². The molecular formula is C10H16N2O2S. The minimum atomic E-state index is -0.248. The zero-order valence-electron chi connectivity index (χ0n) is 8.75. The van der Waals surface area contributed by atoms with Gasteiger partial charge in [-0.2, -0.15) is 0 Å². The van der Waals surface area contributed by atoms with Crippen molar-refractivity contribution >= 4 is 12.2 Å².